The number of carbonyl (C=O) groups excluding carboxylic acids is 1. The van der Waals surface area contributed by atoms with Crippen molar-refractivity contribution in [2.45, 2.75) is 13.3 Å². The van der Waals surface area contributed by atoms with Gasteiger partial charge >= 0.3 is 0 Å². The summed E-state index contributed by atoms with van der Waals surface area (Å²) < 4.78 is 5.29. The summed E-state index contributed by atoms with van der Waals surface area (Å²) in [5.74, 6) is -0.510. The molecule has 2 N–H and O–H groups in total. The Balaban J connectivity index is 1.70. The molecule has 1 aliphatic rings. The molecular weight excluding hydrogens is 392 g/mol. The van der Waals surface area contributed by atoms with E-state index in [1.54, 1.807) is 12.1 Å². The molecule has 152 valence electrons. The molecule has 9 heteroatoms. The number of carbonyl (C=O) groups is 1. The summed E-state index contributed by atoms with van der Waals surface area (Å²) in [7, 11) is 0. The predicted octanol–water partition coefficient (Wildman–Crippen LogP) is 3.12. The van der Waals surface area contributed by atoms with Crippen LogP contribution in [0.5, 0.6) is 0 Å². The highest BCUT2D eigenvalue weighted by molar-refractivity contribution is 7.80. The number of nitrogens with one attached hydrogen (secondary N) is 2. The number of hydrogen-bond donors (Lipinski definition) is 2. The highest BCUT2D eigenvalue weighted by atomic mass is 32.1. The molecule has 1 saturated heterocycles. The first-order chi connectivity index (χ1) is 14.0. The van der Waals surface area contributed by atoms with E-state index in [-0.39, 0.29) is 16.4 Å². The second kappa shape index (κ2) is 9.44. The van der Waals surface area contributed by atoms with Crippen LogP contribution in [0.1, 0.15) is 22.8 Å². The maximum Gasteiger partial charge on any atom is 0.293 e. The van der Waals surface area contributed by atoms with E-state index >= 15 is 0 Å². The summed E-state index contributed by atoms with van der Waals surface area (Å²) in [5, 5.41) is 17.2. The molecule has 2 aromatic rings. The van der Waals surface area contributed by atoms with Crippen molar-refractivity contribution in [3.05, 3.63) is 63.7 Å². The Morgan fingerprint density at radius 3 is 2.52 bits per heavy atom. The lowest BCUT2D eigenvalue weighted by molar-refractivity contribution is -0.384. The summed E-state index contributed by atoms with van der Waals surface area (Å²) in [5.41, 5.74) is 2.47. The first kappa shape index (κ1) is 20.7. The minimum atomic E-state index is -0.510. The van der Waals surface area contributed by atoms with Gasteiger partial charge in [-0.3, -0.25) is 20.2 Å². The number of rotatable bonds is 5. The van der Waals surface area contributed by atoms with E-state index in [4.69, 9.17) is 17.0 Å². The third-order valence-electron chi connectivity index (χ3n) is 4.63. The van der Waals surface area contributed by atoms with Crippen LogP contribution in [0.3, 0.4) is 0 Å². The van der Waals surface area contributed by atoms with Crippen molar-refractivity contribution >= 4 is 40.3 Å². The molecular formula is C20H22N4O4S. The van der Waals surface area contributed by atoms with Crippen molar-refractivity contribution in [1.29, 1.82) is 0 Å². The Morgan fingerprint density at radius 1 is 1.21 bits per heavy atom. The number of hydrogen-bond acceptors (Lipinski definition) is 6. The smallest absolute Gasteiger partial charge is 0.293 e. The number of ether oxygens (including phenoxy) is 1. The van der Waals surface area contributed by atoms with E-state index in [2.05, 4.69) is 17.6 Å². The van der Waals surface area contributed by atoms with Gasteiger partial charge in [-0.25, -0.2) is 0 Å². The number of amides is 1. The van der Waals surface area contributed by atoms with Gasteiger partial charge in [0.25, 0.3) is 11.6 Å². The monoisotopic (exact) mass is 414 g/mol. The maximum atomic E-state index is 12.5. The molecule has 0 unspecified atom stereocenters. The minimum absolute atomic E-state index is 0.117. The number of nitro benzene ring substituents is 1. The molecule has 0 aliphatic carbocycles. The fraction of sp³-hybridized carbons (Fsp3) is 0.300. The Labute approximate surface area is 174 Å². The third kappa shape index (κ3) is 5.27. The van der Waals surface area contributed by atoms with Gasteiger partial charge in [0, 0.05) is 30.4 Å². The van der Waals surface area contributed by atoms with Crippen molar-refractivity contribution < 1.29 is 14.5 Å². The largest absolute Gasteiger partial charge is 0.378 e. The molecule has 0 spiro atoms. The molecule has 0 aromatic heterocycles. The molecule has 0 bridgehead atoms. The van der Waals surface area contributed by atoms with Crippen LogP contribution in [0.2, 0.25) is 0 Å². The van der Waals surface area contributed by atoms with Gasteiger partial charge in [0.05, 0.1) is 18.1 Å². The molecule has 3 rings (SSSR count). The minimum Gasteiger partial charge on any atom is -0.378 e. The van der Waals surface area contributed by atoms with Crippen LogP contribution in [-0.2, 0) is 11.2 Å². The first-order valence-electron chi connectivity index (χ1n) is 9.30. The van der Waals surface area contributed by atoms with Gasteiger partial charge < -0.3 is 15.0 Å². The summed E-state index contributed by atoms with van der Waals surface area (Å²) in [4.78, 5) is 25.5. The van der Waals surface area contributed by atoms with Crippen molar-refractivity contribution in [2.75, 3.05) is 36.5 Å². The van der Waals surface area contributed by atoms with E-state index in [9.17, 15) is 14.9 Å². The SMILES string of the molecule is CCc1ccc(NC(=S)NC(=O)c2ccc(N3CCOCC3)c([N+](=O)[O-])c2)cc1. The summed E-state index contributed by atoms with van der Waals surface area (Å²) in [6.07, 6.45) is 0.931. The number of benzene rings is 2. The Bertz CT molecular complexity index is 911. The van der Waals surface area contributed by atoms with Crippen molar-refractivity contribution in [3.8, 4) is 0 Å². The summed E-state index contributed by atoms with van der Waals surface area (Å²) in [6, 6.07) is 12.1. The predicted molar refractivity (Wildman–Crippen MR) is 116 cm³/mol. The number of aryl methyl sites for hydroxylation is 1. The lowest BCUT2D eigenvalue weighted by Crippen LogP contribution is -2.37. The van der Waals surface area contributed by atoms with Gasteiger partial charge in [-0.1, -0.05) is 19.1 Å². The lowest BCUT2D eigenvalue weighted by Gasteiger charge is -2.28. The first-order valence-corrected chi connectivity index (χ1v) is 9.71. The van der Waals surface area contributed by atoms with Crippen LogP contribution in [0, 0.1) is 10.1 Å². The molecule has 8 nitrogen and oxygen atoms in total. The van der Waals surface area contributed by atoms with Crippen molar-refractivity contribution in [1.82, 2.24) is 5.32 Å². The van der Waals surface area contributed by atoms with Gasteiger partial charge in [-0.2, -0.15) is 0 Å². The zero-order valence-electron chi connectivity index (χ0n) is 16.0. The average Bonchev–Trinajstić information content (AvgIpc) is 2.74. The molecule has 0 atom stereocenters. The molecule has 1 heterocycles. The standard InChI is InChI=1S/C20H22N4O4S/c1-2-14-3-6-16(7-4-14)21-20(29)22-19(25)15-5-8-17(18(13-15)24(26)27)23-9-11-28-12-10-23/h3-8,13H,2,9-12H2,1H3,(H2,21,22,25,29). The quantitative estimate of drug-likeness (QED) is 0.441. The van der Waals surface area contributed by atoms with Gasteiger partial charge in [0.15, 0.2) is 5.11 Å². The van der Waals surface area contributed by atoms with E-state index < -0.39 is 10.8 Å². The highest BCUT2D eigenvalue weighted by Gasteiger charge is 2.23. The van der Waals surface area contributed by atoms with Gasteiger partial charge in [0.1, 0.15) is 5.69 Å². The molecule has 2 aromatic carbocycles. The van der Waals surface area contributed by atoms with Crippen LogP contribution in [0.25, 0.3) is 0 Å². The zero-order valence-corrected chi connectivity index (χ0v) is 16.8. The van der Waals surface area contributed by atoms with Gasteiger partial charge in [0.2, 0.25) is 0 Å². The van der Waals surface area contributed by atoms with Crippen LogP contribution < -0.4 is 15.5 Å². The van der Waals surface area contributed by atoms with E-state index in [1.165, 1.54) is 11.6 Å². The number of anilines is 2. The molecule has 1 aliphatic heterocycles. The molecule has 1 amide bonds. The summed E-state index contributed by atoms with van der Waals surface area (Å²) in [6.45, 7) is 4.22. The fourth-order valence-corrected chi connectivity index (χ4v) is 3.25. The molecule has 0 saturated carbocycles. The van der Waals surface area contributed by atoms with Crippen LogP contribution in [-0.4, -0.2) is 42.2 Å². The zero-order chi connectivity index (χ0) is 20.8. The van der Waals surface area contributed by atoms with E-state index in [0.29, 0.717) is 32.0 Å². The lowest BCUT2D eigenvalue weighted by atomic mass is 10.1. The number of morpholine rings is 1. The average molecular weight is 414 g/mol. The normalized spacial score (nSPS) is 13.6. The van der Waals surface area contributed by atoms with Gasteiger partial charge in [-0.05, 0) is 48.5 Å². The topological polar surface area (TPSA) is 96.7 Å². The molecule has 29 heavy (non-hydrogen) atoms. The van der Waals surface area contributed by atoms with Crippen LogP contribution in [0.4, 0.5) is 17.1 Å². The Morgan fingerprint density at radius 2 is 1.90 bits per heavy atom. The summed E-state index contributed by atoms with van der Waals surface area (Å²) >= 11 is 5.19. The number of nitrogens with zero attached hydrogens (tertiary/aromatic N) is 2. The fourth-order valence-electron chi connectivity index (χ4n) is 3.04. The van der Waals surface area contributed by atoms with Crippen LogP contribution in [0.15, 0.2) is 42.5 Å². The highest BCUT2D eigenvalue weighted by Crippen LogP contribution is 2.30. The van der Waals surface area contributed by atoms with E-state index in [0.717, 1.165) is 12.1 Å². The number of thiocarbonyl (C=S) groups is 1. The Hall–Kier alpha value is -3.04. The van der Waals surface area contributed by atoms with Crippen LogP contribution >= 0.6 is 12.2 Å². The number of nitro groups is 1. The molecule has 0 radical (unpaired) electrons. The van der Waals surface area contributed by atoms with E-state index in [1.807, 2.05) is 29.2 Å². The van der Waals surface area contributed by atoms with Crippen molar-refractivity contribution in [2.24, 2.45) is 0 Å². The second-order valence-electron chi connectivity index (χ2n) is 6.52. The molecule has 1 fully saturated rings. The second-order valence-corrected chi connectivity index (χ2v) is 6.93. The Kier molecular flexibility index (Phi) is 6.73. The van der Waals surface area contributed by atoms with Crippen molar-refractivity contribution in [3.63, 3.8) is 0 Å². The van der Waals surface area contributed by atoms with Gasteiger partial charge in [-0.15, -0.1) is 0 Å². The maximum absolute atomic E-state index is 12.5. The third-order valence-corrected chi connectivity index (χ3v) is 4.84.